The van der Waals surface area contributed by atoms with Crippen LogP contribution in [0.2, 0.25) is 0 Å². The van der Waals surface area contributed by atoms with Crippen LogP contribution in [0.25, 0.3) is 0 Å². The molecular weight excluding hydrogens is 392 g/mol. The molecule has 2 aromatic rings. The van der Waals surface area contributed by atoms with Crippen LogP contribution in [-0.2, 0) is 31.9 Å². The SMILES string of the molecule is CC1(C)OC(=O)C2(Cc3ccccc3N3CCN(CCc4ccccc4)CC32)C(=O)O1. The predicted octanol–water partition coefficient (Wildman–Crippen LogP) is 2.80. The van der Waals surface area contributed by atoms with Gasteiger partial charge in [0.2, 0.25) is 0 Å². The van der Waals surface area contributed by atoms with E-state index in [-0.39, 0.29) is 6.04 Å². The maximum absolute atomic E-state index is 13.4. The summed E-state index contributed by atoms with van der Waals surface area (Å²) in [6, 6.07) is 18.1. The lowest BCUT2D eigenvalue weighted by atomic mass is 9.69. The lowest BCUT2D eigenvalue weighted by Crippen LogP contribution is -2.70. The fourth-order valence-electron chi connectivity index (χ4n) is 5.19. The lowest BCUT2D eigenvalue weighted by molar-refractivity contribution is -0.253. The molecule has 6 nitrogen and oxygen atoms in total. The predicted molar refractivity (Wildman–Crippen MR) is 117 cm³/mol. The molecule has 3 aliphatic rings. The summed E-state index contributed by atoms with van der Waals surface area (Å²) in [5.74, 6) is -2.17. The molecule has 0 aliphatic carbocycles. The van der Waals surface area contributed by atoms with Gasteiger partial charge in [-0.1, -0.05) is 48.5 Å². The summed E-state index contributed by atoms with van der Waals surface area (Å²) in [7, 11) is 0. The minimum atomic E-state index is -1.34. The Bertz CT molecular complexity index is 984. The molecule has 31 heavy (non-hydrogen) atoms. The molecule has 0 bridgehead atoms. The number of anilines is 1. The number of ether oxygens (including phenoxy) is 2. The first kappa shape index (κ1) is 20.1. The van der Waals surface area contributed by atoms with E-state index in [1.165, 1.54) is 5.56 Å². The minimum absolute atomic E-state index is 0.310. The molecule has 2 fully saturated rings. The van der Waals surface area contributed by atoms with E-state index in [1.54, 1.807) is 13.8 Å². The zero-order valence-electron chi connectivity index (χ0n) is 18.0. The van der Waals surface area contributed by atoms with Crippen molar-refractivity contribution in [3.05, 3.63) is 65.7 Å². The maximum atomic E-state index is 13.4. The summed E-state index contributed by atoms with van der Waals surface area (Å²) in [5, 5.41) is 0. The van der Waals surface area contributed by atoms with Crippen molar-refractivity contribution in [2.24, 2.45) is 5.41 Å². The van der Waals surface area contributed by atoms with Gasteiger partial charge in [-0.2, -0.15) is 0 Å². The number of benzene rings is 2. The van der Waals surface area contributed by atoms with Gasteiger partial charge in [0.1, 0.15) is 0 Å². The zero-order valence-corrected chi connectivity index (χ0v) is 18.0. The second-order valence-corrected chi connectivity index (χ2v) is 9.20. The fourth-order valence-corrected chi connectivity index (χ4v) is 5.19. The summed E-state index contributed by atoms with van der Waals surface area (Å²) in [4.78, 5) is 31.3. The number of para-hydroxylation sites is 1. The van der Waals surface area contributed by atoms with E-state index in [1.807, 2.05) is 24.3 Å². The molecule has 2 saturated heterocycles. The molecule has 2 aromatic carbocycles. The number of hydrogen-bond acceptors (Lipinski definition) is 6. The van der Waals surface area contributed by atoms with Crippen molar-refractivity contribution in [1.29, 1.82) is 0 Å². The topological polar surface area (TPSA) is 59.1 Å². The van der Waals surface area contributed by atoms with Crippen LogP contribution in [0.4, 0.5) is 5.69 Å². The van der Waals surface area contributed by atoms with Crippen LogP contribution in [0.15, 0.2) is 54.6 Å². The summed E-state index contributed by atoms with van der Waals surface area (Å²) < 4.78 is 11.3. The standard InChI is InChI=1S/C25H28N2O4/c1-24(2)30-22(28)25(23(29)31-24)16-19-10-6-7-11-20(19)27-15-14-26(17-21(25)27)13-12-18-8-4-3-5-9-18/h3-11,21H,12-17H2,1-2H3. The highest BCUT2D eigenvalue weighted by Crippen LogP contribution is 2.47. The lowest BCUT2D eigenvalue weighted by Gasteiger charge is -2.54. The molecule has 162 valence electrons. The second kappa shape index (κ2) is 7.38. The number of carbonyl (C=O) groups excluding carboxylic acids is 2. The number of esters is 2. The Morgan fingerprint density at radius 3 is 2.35 bits per heavy atom. The summed E-state index contributed by atoms with van der Waals surface area (Å²) >= 11 is 0. The van der Waals surface area contributed by atoms with Crippen LogP contribution in [0.1, 0.15) is 25.0 Å². The molecule has 1 unspecified atom stereocenters. The maximum Gasteiger partial charge on any atom is 0.329 e. The molecule has 5 rings (SSSR count). The Morgan fingerprint density at radius 1 is 0.935 bits per heavy atom. The molecule has 3 heterocycles. The average molecular weight is 421 g/mol. The quantitative estimate of drug-likeness (QED) is 0.562. The summed E-state index contributed by atoms with van der Waals surface area (Å²) in [6.45, 7) is 6.34. The van der Waals surface area contributed by atoms with Gasteiger partial charge in [-0.15, -0.1) is 0 Å². The Balaban J connectivity index is 1.47. The van der Waals surface area contributed by atoms with E-state index in [4.69, 9.17) is 9.47 Å². The van der Waals surface area contributed by atoms with Crippen LogP contribution in [0, 0.1) is 5.41 Å². The minimum Gasteiger partial charge on any atom is -0.422 e. The van der Waals surface area contributed by atoms with Crippen molar-refractivity contribution in [3.8, 4) is 0 Å². The van der Waals surface area contributed by atoms with Crippen molar-refractivity contribution in [2.75, 3.05) is 31.1 Å². The monoisotopic (exact) mass is 420 g/mol. The highest BCUT2D eigenvalue weighted by molar-refractivity contribution is 6.04. The largest absolute Gasteiger partial charge is 0.422 e. The van der Waals surface area contributed by atoms with Crippen LogP contribution in [-0.4, -0.2) is 54.8 Å². The molecule has 0 saturated carbocycles. The smallest absolute Gasteiger partial charge is 0.329 e. The number of cyclic esters (lactones) is 2. The van der Waals surface area contributed by atoms with Crippen molar-refractivity contribution in [2.45, 2.75) is 38.5 Å². The number of carbonyl (C=O) groups is 2. The van der Waals surface area contributed by atoms with Gasteiger partial charge in [0.15, 0.2) is 5.41 Å². The number of nitrogens with zero attached hydrogens (tertiary/aromatic N) is 2. The van der Waals surface area contributed by atoms with Crippen molar-refractivity contribution in [1.82, 2.24) is 4.90 Å². The highest BCUT2D eigenvalue weighted by Gasteiger charge is 2.64. The van der Waals surface area contributed by atoms with Gasteiger partial charge in [-0.25, -0.2) is 0 Å². The first-order valence-corrected chi connectivity index (χ1v) is 11.0. The van der Waals surface area contributed by atoms with E-state index in [0.29, 0.717) is 13.0 Å². The fraction of sp³-hybridized carbons (Fsp3) is 0.440. The molecular formula is C25H28N2O4. The van der Waals surface area contributed by atoms with Crippen LogP contribution in [0.5, 0.6) is 0 Å². The molecule has 6 heteroatoms. The second-order valence-electron chi connectivity index (χ2n) is 9.20. The number of rotatable bonds is 3. The summed E-state index contributed by atoms with van der Waals surface area (Å²) in [5.41, 5.74) is 2.04. The van der Waals surface area contributed by atoms with Crippen molar-refractivity contribution in [3.63, 3.8) is 0 Å². The Morgan fingerprint density at radius 2 is 1.61 bits per heavy atom. The summed E-state index contributed by atoms with van der Waals surface area (Å²) in [6.07, 6.45) is 1.24. The molecule has 0 radical (unpaired) electrons. The van der Waals surface area contributed by atoms with Gasteiger partial charge in [0.25, 0.3) is 5.79 Å². The Labute approximate surface area is 182 Å². The van der Waals surface area contributed by atoms with Crippen LogP contribution >= 0.6 is 0 Å². The molecule has 3 aliphatic heterocycles. The molecule has 0 N–H and O–H groups in total. The van der Waals surface area contributed by atoms with Gasteiger partial charge in [-0.3, -0.25) is 14.5 Å². The molecule has 0 aromatic heterocycles. The first-order valence-electron chi connectivity index (χ1n) is 11.0. The van der Waals surface area contributed by atoms with Crippen molar-refractivity contribution >= 4 is 17.6 Å². The van der Waals surface area contributed by atoms with E-state index in [0.717, 1.165) is 37.3 Å². The van der Waals surface area contributed by atoms with Gasteiger partial charge in [-0.05, 0) is 23.6 Å². The van der Waals surface area contributed by atoms with Crippen LogP contribution < -0.4 is 4.90 Å². The highest BCUT2D eigenvalue weighted by atomic mass is 16.7. The van der Waals surface area contributed by atoms with Gasteiger partial charge in [0, 0.05) is 52.1 Å². The van der Waals surface area contributed by atoms with Gasteiger partial charge < -0.3 is 14.4 Å². The Hall–Kier alpha value is -2.86. The van der Waals surface area contributed by atoms with E-state index in [9.17, 15) is 9.59 Å². The zero-order chi connectivity index (χ0) is 21.6. The third-order valence-electron chi connectivity index (χ3n) is 6.77. The normalized spacial score (nSPS) is 24.2. The Kier molecular flexibility index (Phi) is 4.77. The third-order valence-corrected chi connectivity index (χ3v) is 6.77. The molecule has 1 atom stereocenters. The van der Waals surface area contributed by atoms with E-state index >= 15 is 0 Å². The van der Waals surface area contributed by atoms with E-state index in [2.05, 4.69) is 40.1 Å². The number of fused-ring (bicyclic) bond motifs is 4. The van der Waals surface area contributed by atoms with Gasteiger partial charge >= 0.3 is 11.9 Å². The number of piperazine rings is 1. The number of hydrogen-bond donors (Lipinski definition) is 0. The third kappa shape index (κ3) is 3.39. The molecule has 1 spiro atoms. The van der Waals surface area contributed by atoms with Gasteiger partial charge in [0.05, 0.1) is 6.04 Å². The average Bonchev–Trinajstić information content (AvgIpc) is 2.76. The van der Waals surface area contributed by atoms with E-state index < -0.39 is 23.1 Å². The van der Waals surface area contributed by atoms with Crippen LogP contribution in [0.3, 0.4) is 0 Å². The molecule has 0 amide bonds. The first-order chi connectivity index (χ1) is 14.9. The van der Waals surface area contributed by atoms with Crippen molar-refractivity contribution < 1.29 is 19.1 Å².